The smallest absolute Gasteiger partial charge is 0.252 e. The standard InChI is InChI=1S/C108H73BN4/c1-9-30-74(31-10-1)78-52-59-88(60-53-78)110(89-61-54-79(55-62-89)75-32-11-2-12-33-75)91-65-67-99-105(73-91)113(108-96(83-42-21-7-22-43-83)70-87(77-36-15-4-16-37-77)71-97(108)84-44-23-8-24-45-84)103-51-29-50-102-106(103)109(99)98-66-58-85(80-56-63-90(64-57-80)111-100-48-27-25-46-92(100)93-47-26-28-49-101(93)111)72-104(98)112(102)107-94(81-38-17-5-18-39-81)68-86(76-34-13-3-14-35-76)69-95(107)82-40-19-6-20-41-82/h1-73H. The summed E-state index contributed by atoms with van der Waals surface area (Å²) in [4.78, 5) is 7.77. The van der Waals surface area contributed by atoms with Crippen LogP contribution in [-0.4, -0.2) is 11.3 Å². The van der Waals surface area contributed by atoms with Crippen molar-refractivity contribution in [2.75, 3.05) is 14.7 Å². The monoisotopic (exact) mass is 1440 g/mol. The zero-order valence-electron chi connectivity index (χ0n) is 62.0. The molecule has 0 saturated carbocycles. The van der Waals surface area contributed by atoms with Gasteiger partial charge in [-0.1, -0.05) is 340 Å². The molecule has 0 radical (unpaired) electrons. The second-order valence-corrected chi connectivity index (χ2v) is 29.4. The van der Waals surface area contributed by atoms with E-state index in [-0.39, 0.29) is 6.71 Å². The minimum absolute atomic E-state index is 0.267. The predicted octanol–water partition coefficient (Wildman–Crippen LogP) is 27.3. The summed E-state index contributed by atoms with van der Waals surface area (Å²) < 4.78 is 2.41. The lowest BCUT2D eigenvalue weighted by molar-refractivity contribution is 1.18. The molecule has 528 valence electrons. The number of fused-ring (bicyclic) bond motifs is 7. The fraction of sp³-hybridized carbons (Fsp3) is 0. The molecule has 0 atom stereocenters. The van der Waals surface area contributed by atoms with E-state index in [4.69, 9.17) is 0 Å². The van der Waals surface area contributed by atoms with Gasteiger partial charge < -0.3 is 19.3 Å². The van der Waals surface area contributed by atoms with E-state index in [2.05, 4.69) is 462 Å². The summed E-state index contributed by atoms with van der Waals surface area (Å²) in [5.74, 6) is 0. The predicted molar refractivity (Wildman–Crippen MR) is 478 cm³/mol. The van der Waals surface area contributed by atoms with Crippen molar-refractivity contribution in [2.45, 2.75) is 0 Å². The van der Waals surface area contributed by atoms with E-state index >= 15 is 0 Å². The Morgan fingerprint density at radius 2 is 0.487 bits per heavy atom. The normalized spacial score (nSPS) is 12.0. The first-order chi connectivity index (χ1) is 56.1. The van der Waals surface area contributed by atoms with E-state index in [1.807, 2.05) is 0 Å². The highest BCUT2D eigenvalue weighted by atomic mass is 15.2. The zero-order valence-corrected chi connectivity index (χ0v) is 62.0. The van der Waals surface area contributed by atoms with Crippen LogP contribution in [0.15, 0.2) is 443 Å². The number of anilines is 9. The van der Waals surface area contributed by atoms with Gasteiger partial charge in [-0.3, -0.25) is 0 Å². The number of hydrogen-bond acceptors (Lipinski definition) is 3. The SMILES string of the molecule is c1ccc(-c2ccc(N(c3ccc(-c4ccccc4)cc3)c3ccc4c(c3)N(c3c(-c5ccccc5)cc(-c5ccccc5)cc3-c3ccccc3)c3cccc5c3B4c3ccc(-c4ccc(-n6c7ccccc7c7ccccc76)cc4)cc3N5c3c(-c4ccccc4)cc(-c4ccccc4)cc3-c3ccccc3)cc2)cc1. The first-order valence-electron chi connectivity index (χ1n) is 39.0. The van der Waals surface area contributed by atoms with Gasteiger partial charge in [-0.05, 0) is 197 Å². The third-order valence-corrected chi connectivity index (χ3v) is 23.0. The highest BCUT2D eigenvalue weighted by Gasteiger charge is 2.45. The fourth-order valence-corrected chi connectivity index (χ4v) is 17.7. The van der Waals surface area contributed by atoms with Gasteiger partial charge in [0, 0.05) is 78.5 Å². The molecule has 0 amide bonds. The molecule has 2 aliphatic rings. The molecule has 0 unspecified atom stereocenters. The van der Waals surface area contributed by atoms with Crippen LogP contribution in [0, 0.1) is 0 Å². The highest BCUT2D eigenvalue weighted by molar-refractivity contribution is 7.00. The average Bonchev–Trinajstić information content (AvgIpc) is 1.63. The van der Waals surface area contributed by atoms with Crippen LogP contribution in [0.1, 0.15) is 0 Å². The summed E-state index contributed by atoms with van der Waals surface area (Å²) in [5.41, 5.74) is 37.1. The van der Waals surface area contributed by atoms with E-state index in [9.17, 15) is 0 Å². The minimum atomic E-state index is -0.267. The summed E-state index contributed by atoms with van der Waals surface area (Å²) in [6.07, 6.45) is 0. The van der Waals surface area contributed by atoms with Gasteiger partial charge in [0.05, 0.1) is 22.4 Å². The Labute approximate surface area is 659 Å². The maximum atomic E-state index is 2.66. The summed E-state index contributed by atoms with van der Waals surface area (Å²) in [6.45, 7) is -0.267. The third kappa shape index (κ3) is 11.8. The highest BCUT2D eigenvalue weighted by Crippen LogP contribution is 2.55. The van der Waals surface area contributed by atoms with Crippen LogP contribution >= 0.6 is 0 Å². The Morgan fingerprint density at radius 3 is 0.876 bits per heavy atom. The second kappa shape index (κ2) is 28.3. The van der Waals surface area contributed by atoms with Crippen LogP contribution in [0.4, 0.5) is 51.2 Å². The maximum Gasteiger partial charge on any atom is 0.252 e. The van der Waals surface area contributed by atoms with Gasteiger partial charge in [0.25, 0.3) is 6.71 Å². The number of aromatic nitrogens is 1. The lowest BCUT2D eigenvalue weighted by Crippen LogP contribution is -2.61. The summed E-state index contributed by atoms with van der Waals surface area (Å²) >= 11 is 0. The van der Waals surface area contributed by atoms with E-state index in [1.165, 1.54) is 49.3 Å². The molecule has 19 aromatic rings. The molecule has 1 aromatic heterocycles. The largest absolute Gasteiger partial charge is 0.310 e. The van der Waals surface area contributed by atoms with Gasteiger partial charge in [0.15, 0.2) is 0 Å². The molecule has 3 heterocycles. The van der Waals surface area contributed by atoms with E-state index in [0.29, 0.717) is 0 Å². The summed E-state index contributed by atoms with van der Waals surface area (Å²) in [7, 11) is 0. The first kappa shape index (κ1) is 66.4. The molecule has 18 aromatic carbocycles. The van der Waals surface area contributed by atoms with Crippen LogP contribution in [0.5, 0.6) is 0 Å². The van der Waals surface area contributed by atoms with Gasteiger partial charge in [-0.2, -0.15) is 0 Å². The van der Waals surface area contributed by atoms with Gasteiger partial charge in [-0.25, -0.2) is 0 Å². The number of rotatable bonds is 15. The van der Waals surface area contributed by atoms with Gasteiger partial charge in [0.1, 0.15) is 0 Å². The number of hydrogen-bond donors (Lipinski definition) is 0. The first-order valence-corrected chi connectivity index (χ1v) is 39.0. The summed E-state index contributed by atoms with van der Waals surface area (Å²) in [6, 6.07) is 164. The lowest BCUT2D eigenvalue weighted by Gasteiger charge is -2.46. The van der Waals surface area contributed by atoms with Crippen molar-refractivity contribution in [2.24, 2.45) is 0 Å². The Hall–Kier alpha value is -14.8. The maximum absolute atomic E-state index is 2.66. The molecule has 113 heavy (non-hydrogen) atoms. The average molecular weight is 1440 g/mol. The molecule has 5 heteroatoms. The van der Waals surface area contributed by atoms with Crippen LogP contribution in [0.25, 0.3) is 128 Å². The Kier molecular flexibility index (Phi) is 16.7. The lowest BCUT2D eigenvalue weighted by atomic mass is 9.33. The zero-order chi connectivity index (χ0) is 74.7. The number of nitrogens with zero attached hydrogens (tertiary/aromatic N) is 4. The molecular weight excluding hydrogens is 1360 g/mol. The summed E-state index contributed by atoms with van der Waals surface area (Å²) in [5, 5.41) is 2.48. The number of para-hydroxylation sites is 2. The molecular formula is C108H73BN4. The van der Waals surface area contributed by atoms with Crippen molar-refractivity contribution in [3.05, 3.63) is 443 Å². The topological polar surface area (TPSA) is 14.7 Å². The molecule has 0 aliphatic carbocycles. The third-order valence-electron chi connectivity index (χ3n) is 23.0. The van der Waals surface area contributed by atoms with E-state index < -0.39 is 0 Å². The van der Waals surface area contributed by atoms with Crippen LogP contribution in [0.3, 0.4) is 0 Å². The molecule has 0 spiro atoms. The fourth-order valence-electron chi connectivity index (χ4n) is 17.7. The van der Waals surface area contributed by atoms with Crippen LogP contribution in [0.2, 0.25) is 0 Å². The molecule has 4 nitrogen and oxygen atoms in total. The molecule has 0 N–H and O–H groups in total. The number of benzene rings is 18. The van der Waals surface area contributed by atoms with E-state index in [0.717, 1.165) is 146 Å². The molecule has 2 aliphatic heterocycles. The molecule has 0 saturated heterocycles. The van der Waals surface area contributed by atoms with Crippen LogP contribution in [-0.2, 0) is 0 Å². The van der Waals surface area contributed by atoms with Crippen molar-refractivity contribution < 1.29 is 0 Å². The van der Waals surface area contributed by atoms with Crippen molar-refractivity contribution >= 4 is 96.1 Å². The van der Waals surface area contributed by atoms with Crippen LogP contribution < -0.4 is 31.1 Å². The van der Waals surface area contributed by atoms with Crippen molar-refractivity contribution in [3.63, 3.8) is 0 Å². The minimum Gasteiger partial charge on any atom is -0.310 e. The Bertz CT molecular complexity index is 6480. The molecule has 0 fully saturated rings. The molecule has 0 bridgehead atoms. The quantitative estimate of drug-likeness (QED) is 0.0951. The van der Waals surface area contributed by atoms with Gasteiger partial charge in [0.2, 0.25) is 0 Å². The Morgan fingerprint density at radius 1 is 0.195 bits per heavy atom. The second-order valence-electron chi connectivity index (χ2n) is 29.4. The molecule has 21 rings (SSSR count). The Balaban J connectivity index is 0.857. The van der Waals surface area contributed by atoms with Crippen molar-refractivity contribution in [1.29, 1.82) is 0 Å². The van der Waals surface area contributed by atoms with E-state index in [1.54, 1.807) is 0 Å². The van der Waals surface area contributed by atoms with Gasteiger partial charge in [-0.15, -0.1) is 0 Å². The van der Waals surface area contributed by atoms with Gasteiger partial charge >= 0.3 is 0 Å². The van der Waals surface area contributed by atoms with Crippen molar-refractivity contribution in [1.82, 2.24) is 4.57 Å². The van der Waals surface area contributed by atoms with Crippen molar-refractivity contribution in [3.8, 4) is 106 Å².